The van der Waals surface area contributed by atoms with Crippen LogP contribution in [0.2, 0.25) is 0 Å². The van der Waals surface area contributed by atoms with Gasteiger partial charge < -0.3 is 14.6 Å². The molecular weight excluding hydrogens is 160 g/mol. The SMILES string of the molecule is CCCOC(=O)C(O)OCCC. The largest absolute Gasteiger partial charge is 0.462 e. The number of carbonyl (C=O) groups excluding carboxylic acids is 1. The number of ether oxygens (including phenoxy) is 2. The predicted octanol–water partition coefficient (Wildman–Crippen LogP) is 0.685. The second-order valence-electron chi connectivity index (χ2n) is 2.39. The summed E-state index contributed by atoms with van der Waals surface area (Å²) in [6.07, 6.45) is 0.0844. The molecule has 0 rings (SSSR count). The van der Waals surface area contributed by atoms with Crippen LogP contribution in [0.15, 0.2) is 0 Å². The van der Waals surface area contributed by atoms with Gasteiger partial charge in [0.15, 0.2) is 0 Å². The lowest BCUT2D eigenvalue weighted by molar-refractivity contribution is -0.182. The van der Waals surface area contributed by atoms with Crippen LogP contribution in [0, 0.1) is 0 Å². The molecule has 0 spiro atoms. The molecule has 12 heavy (non-hydrogen) atoms. The van der Waals surface area contributed by atoms with Crippen molar-refractivity contribution >= 4 is 5.97 Å². The summed E-state index contributed by atoms with van der Waals surface area (Å²) in [6, 6.07) is 0. The van der Waals surface area contributed by atoms with Gasteiger partial charge in [0, 0.05) is 0 Å². The van der Waals surface area contributed by atoms with Crippen LogP contribution in [0.5, 0.6) is 0 Å². The first-order valence-electron chi connectivity index (χ1n) is 4.18. The van der Waals surface area contributed by atoms with Crippen LogP contribution >= 0.6 is 0 Å². The van der Waals surface area contributed by atoms with E-state index in [4.69, 9.17) is 9.84 Å². The monoisotopic (exact) mass is 176 g/mol. The number of aliphatic hydroxyl groups excluding tert-OH is 1. The van der Waals surface area contributed by atoms with E-state index in [1.807, 2.05) is 13.8 Å². The minimum absolute atomic E-state index is 0.325. The van der Waals surface area contributed by atoms with Crippen LogP contribution in [0.3, 0.4) is 0 Å². The normalized spacial score (nSPS) is 12.6. The second kappa shape index (κ2) is 7.06. The summed E-state index contributed by atoms with van der Waals surface area (Å²) in [5.74, 6) is -0.703. The van der Waals surface area contributed by atoms with E-state index in [0.717, 1.165) is 12.8 Å². The molecular formula is C8H16O4. The highest BCUT2D eigenvalue weighted by atomic mass is 16.6. The zero-order valence-corrected chi connectivity index (χ0v) is 7.58. The average Bonchev–Trinajstić information content (AvgIpc) is 2.10. The van der Waals surface area contributed by atoms with E-state index in [-0.39, 0.29) is 0 Å². The number of aliphatic hydroxyl groups is 1. The van der Waals surface area contributed by atoms with Crippen molar-refractivity contribution < 1.29 is 19.4 Å². The lowest BCUT2D eigenvalue weighted by atomic mass is 10.5. The van der Waals surface area contributed by atoms with Gasteiger partial charge >= 0.3 is 5.97 Å². The second-order valence-corrected chi connectivity index (χ2v) is 2.39. The molecule has 0 fully saturated rings. The summed E-state index contributed by atoms with van der Waals surface area (Å²) in [5, 5.41) is 8.98. The van der Waals surface area contributed by atoms with E-state index in [9.17, 15) is 4.79 Å². The van der Waals surface area contributed by atoms with Gasteiger partial charge in [-0.25, -0.2) is 4.79 Å². The van der Waals surface area contributed by atoms with Gasteiger partial charge in [-0.2, -0.15) is 0 Å². The smallest absolute Gasteiger partial charge is 0.363 e. The standard InChI is InChI=1S/C8H16O4/c1-3-5-11-7(9)8(10)12-6-4-2/h7,9H,3-6H2,1-2H3. The highest BCUT2D eigenvalue weighted by molar-refractivity contribution is 5.72. The van der Waals surface area contributed by atoms with Crippen LogP contribution in [0.4, 0.5) is 0 Å². The van der Waals surface area contributed by atoms with E-state index in [0.29, 0.717) is 13.2 Å². The molecule has 0 aliphatic heterocycles. The average molecular weight is 176 g/mol. The Morgan fingerprint density at radius 3 is 2.42 bits per heavy atom. The van der Waals surface area contributed by atoms with Gasteiger partial charge in [-0.05, 0) is 12.8 Å². The number of hydrogen-bond donors (Lipinski definition) is 1. The van der Waals surface area contributed by atoms with E-state index < -0.39 is 12.3 Å². The lowest BCUT2D eigenvalue weighted by Gasteiger charge is -2.09. The number of rotatable bonds is 6. The molecule has 0 bridgehead atoms. The molecule has 0 amide bonds. The van der Waals surface area contributed by atoms with Gasteiger partial charge in [-0.15, -0.1) is 0 Å². The fourth-order valence-electron chi connectivity index (χ4n) is 0.571. The first-order valence-corrected chi connectivity index (χ1v) is 4.18. The third-order valence-electron chi connectivity index (χ3n) is 1.13. The van der Waals surface area contributed by atoms with Crippen molar-refractivity contribution in [3.05, 3.63) is 0 Å². The van der Waals surface area contributed by atoms with Crippen molar-refractivity contribution in [1.29, 1.82) is 0 Å². The molecule has 0 heterocycles. The lowest BCUT2D eigenvalue weighted by Crippen LogP contribution is -2.26. The highest BCUT2D eigenvalue weighted by Crippen LogP contribution is 1.93. The Morgan fingerprint density at radius 2 is 1.92 bits per heavy atom. The Bertz CT molecular complexity index is 124. The minimum Gasteiger partial charge on any atom is -0.462 e. The van der Waals surface area contributed by atoms with Crippen molar-refractivity contribution in [1.82, 2.24) is 0 Å². The Balaban J connectivity index is 3.47. The molecule has 0 saturated heterocycles. The number of carbonyl (C=O) groups is 1. The Morgan fingerprint density at radius 1 is 1.33 bits per heavy atom. The fourth-order valence-corrected chi connectivity index (χ4v) is 0.571. The van der Waals surface area contributed by atoms with E-state index >= 15 is 0 Å². The van der Waals surface area contributed by atoms with Crippen LogP contribution in [0.1, 0.15) is 26.7 Å². The molecule has 0 radical (unpaired) electrons. The van der Waals surface area contributed by atoms with Gasteiger partial charge in [-0.1, -0.05) is 13.8 Å². The minimum atomic E-state index is -1.42. The molecule has 1 unspecified atom stereocenters. The summed E-state index contributed by atoms with van der Waals surface area (Å²) in [6.45, 7) is 4.46. The molecule has 0 aliphatic carbocycles. The van der Waals surface area contributed by atoms with Crippen molar-refractivity contribution in [2.75, 3.05) is 13.2 Å². The van der Waals surface area contributed by atoms with Crippen molar-refractivity contribution in [3.63, 3.8) is 0 Å². The van der Waals surface area contributed by atoms with Crippen LogP contribution in [-0.4, -0.2) is 30.6 Å². The first-order chi connectivity index (χ1) is 5.72. The molecule has 1 atom stereocenters. The molecule has 4 heteroatoms. The van der Waals surface area contributed by atoms with Crippen molar-refractivity contribution in [2.45, 2.75) is 33.0 Å². The first kappa shape index (κ1) is 11.4. The van der Waals surface area contributed by atoms with Crippen LogP contribution in [0.25, 0.3) is 0 Å². The zero-order chi connectivity index (χ0) is 9.40. The summed E-state index contributed by atoms with van der Waals surface area (Å²) in [5.41, 5.74) is 0. The van der Waals surface area contributed by atoms with E-state index in [1.54, 1.807) is 0 Å². The van der Waals surface area contributed by atoms with Gasteiger partial charge in [0.1, 0.15) is 0 Å². The quantitative estimate of drug-likeness (QED) is 0.477. The molecule has 0 aromatic carbocycles. The third kappa shape index (κ3) is 5.09. The molecule has 0 aromatic heterocycles. The molecule has 4 nitrogen and oxygen atoms in total. The molecule has 72 valence electrons. The van der Waals surface area contributed by atoms with Gasteiger partial charge in [0.2, 0.25) is 0 Å². The van der Waals surface area contributed by atoms with Crippen LogP contribution < -0.4 is 0 Å². The Labute approximate surface area is 72.5 Å². The van der Waals surface area contributed by atoms with Gasteiger partial charge in [0.05, 0.1) is 13.2 Å². The summed E-state index contributed by atoms with van der Waals surface area (Å²) >= 11 is 0. The molecule has 1 N–H and O–H groups in total. The predicted molar refractivity (Wildman–Crippen MR) is 43.5 cm³/mol. The zero-order valence-electron chi connectivity index (χ0n) is 7.58. The van der Waals surface area contributed by atoms with E-state index in [2.05, 4.69) is 4.74 Å². The van der Waals surface area contributed by atoms with Gasteiger partial charge in [-0.3, -0.25) is 0 Å². The Hall–Kier alpha value is -0.610. The molecule has 0 saturated carbocycles. The van der Waals surface area contributed by atoms with Crippen molar-refractivity contribution in [3.8, 4) is 0 Å². The topological polar surface area (TPSA) is 55.8 Å². The maximum Gasteiger partial charge on any atom is 0.363 e. The summed E-state index contributed by atoms with van der Waals surface area (Å²) in [4.78, 5) is 10.8. The fraction of sp³-hybridized carbons (Fsp3) is 0.875. The maximum absolute atomic E-state index is 10.8. The van der Waals surface area contributed by atoms with Gasteiger partial charge in [0.25, 0.3) is 6.29 Å². The third-order valence-corrected chi connectivity index (χ3v) is 1.13. The number of esters is 1. The summed E-state index contributed by atoms with van der Waals surface area (Å²) in [7, 11) is 0. The maximum atomic E-state index is 10.8. The highest BCUT2D eigenvalue weighted by Gasteiger charge is 2.15. The Kier molecular flexibility index (Phi) is 6.70. The summed E-state index contributed by atoms with van der Waals surface area (Å²) < 4.78 is 9.37. The van der Waals surface area contributed by atoms with E-state index in [1.165, 1.54) is 0 Å². The molecule has 0 aromatic rings. The molecule has 0 aliphatic rings. The van der Waals surface area contributed by atoms with Crippen molar-refractivity contribution in [2.24, 2.45) is 0 Å². The van der Waals surface area contributed by atoms with Crippen LogP contribution in [-0.2, 0) is 14.3 Å². The number of hydrogen-bond acceptors (Lipinski definition) is 4.